The van der Waals surface area contributed by atoms with Gasteiger partial charge in [-0.15, -0.1) is 0 Å². The maximum Gasteiger partial charge on any atom is 0.250 e. The SMILES string of the molecule is CC(C)CCN1CCNC(=O)[C@@H]1CC(=O)NCCc1cc(=O)[nH]cn1. The first-order chi connectivity index (χ1) is 12.0. The number of aromatic nitrogens is 2. The first-order valence-electron chi connectivity index (χ1n) is 8.77. The largest absolute Gasteiger partial charge is 0.356 e. The van der Waals surface area contributed by atoms with Crippen molar-refractivity contribution in [2.45, 2.75) is 39.2 Å². The summed E-state index contributed by atoms with van der Waals surface area (Å²) in [6, 6.07) is 0.999. The average Bonchev–Trinajstić information content (AvgIpc) is 2.55. The van der Waals surface area contributed by atoms with Crippen LogP contribution in [0.15, 0.2) is 17.2 Å². The van der Waals surface area contributed by atoms with Gasteiger partial charge in [-0.1, -0.05) is 13.8 Å². The summed E-state index contributed by atoms with van der Waals surface area (Å²) in [5, 5.41) is 5.64. The molecule has 0 aromatic carbocycles. The van der Waals surface area contributed by atoms with E-state index in [0.29, 0.717) is 31.1 Å². The molecule has 8 nitrogen and oxygen atoms in total. The van der Waals surface area contributed by atoms with Crippen LogP contribution in [0.3, 0.4) is 0 Å². The van der Waals surface area contributed by atoms with E-state index in [1.54, 1.807) is 0 Å². The lowest BCUT2D eigenvalue weighted by molar-refractivity contribution is -0.134. The standard InChI is InChI=1S/C17H27N5O3/c1-12(2)4-7-22-8-6-19-17(25)14(22)10-16(24)18-5-3-13-9-15(23)21-11-20-13/h9,11-12,14H,3-8,10H2,1-2H3,(H,18,24)(H,19,25)(H,20,21,23)/t14-/m0/s1. The molecule has 0 aliphatic carbocycles. The van der Waals surface area contributed by atoms with Crippen molar-refractivity contribution in [2.24, 2.45) is 5.92 Å². The summed E-state index contributed by atoms with van der Waals surface area (Å²) in [7, 11) is 0. The quantitative estimate of drug-likeness (QED) is 0.595. The monoisotopic (exact) mass is 349 g/mol. The minimum atomic E-state index is -0.412. The number of nitrogens with one attached hydrogen (secondary N) is 3. The highest BCUT2D eigenvalue weighted by atomic mass is 16.2. The highest BCUT2D eigenvalue weighted by molar-refractivity contribution is 5.88. The second-order valence-electron chi connectivity index (χ2n) is 6.73. The van der Waals surface area contributed by atoms with E-state index in [9.17, 15) is 14.4 Å². The molecule has 1 saturated heterocycles. The van der Waals surface area contributed by atoms with E-state index >= 15 is 0 Å². The topological polar surface area (TPSA) is 107 Å². The van der Waals surface area contributed by atoms with Gasteiger partial charge >= 0.3 is 0 Å². The van der Waals surface area contributed by atoms with Crippen LogP contribution in [0, 0.1) is 5.92 Å². The molecule has 2 heterocycles. The van der Waals surface area contributed by atoms with E-state index in [4.69, 9.17) is 0 Å². The third-order valence-corrected chi connectivity index (χ3v) is 4.25. The van der Waals surface area contributed by atoms with Crippen LogP contribution in [-0.4, -0.2) is 58.9 Å². The van der Waals surface area contributed by atoms with E-state index in [1.807, 2.05) is 0 Å². The fraction of sp³-hybridized carbons (Fsp3) is 0.647. The summed E-state index contributed by atoms with van der Waals surface area (Å²) in [6.45, 7) is 6.90. The predicted octanol–water partition coefficient (Wildman–Crippen LogP) is -0.335. The molecule has 8 heteroatoms. The Morgan fingerprint density at radius 2 is 2.24 bits per heavy atom. The van der Waals surface area contributed by atoms with Crippen molar-refractivity contribution >= 4 is 11.8 Å². The zero-order valence-corrected chi connectivity index (χ0v) is 14.9. The van der Waals surface area contributed by atoms with Crippen molar-refractivity contribution in [3.05, 3.63) is 28.4 Å². The molecule has 1 aliphatic heterocycles. The normalized spacial score (nSPS) is 18.2. The van der Waals surface area contributed by atoms with Gasteiger partial charge in [-0.3, -0.25) is 19.3 Å². The third kappa shape index (κ3) is 6.30. The predicted molar refractivity (Wildman–Crippen MR) is 94.0 cm³/mol. The number of piperazine rings is 1. The van der Waals surface area contributed by atoms with Crippen LogP contribution in [0.25, 0.3) is 0 Å². The zero-order chi connectivity index (χ0) is 18.2. The molecule has 3 N–H and O–H groups in total. The van der Waals surface area contributed by atoms with E-state index in [1.165, 1.54) is 12.4 Å². The van der Waals surface area contributed by atoms with Gasteiger partial charge in [0.1, 0.15) is 0 Å². The molecule has 1 atom stereocenters. The molecule has 2 amide bonds. The third-order valence-electron chi connectivity index (χ3n) is 4.25. The Bertz CT molecular complexity index is 643. The van der Waals surface area contributed by atoms with Gasteiger partial charge in [0.25, 0.3) is 5.56 Å². The molecule has 1 fully saturated rings. The zero-order valence-electron chi connectivity index (χ0n) is 14.9. The van der Waals surface area contributed by atoms with Gasteiger partial charge in [0.05, 0.1) is 18.8 Å². The number of amides is 2. The highest BCUT2D eigenvalue weighted by Crippen LogP contribution is 2.12. The van der Waals surface area contributed by atoms with Crippen LogP contribution in [-0.2, 0) is 16.0 Å². The van der Waals surface area contributed by atoms with Crippen molar-refractivity contribution in [1.29, 1.82) is 0 Å². The summed E-state index contributed by atoms with van der Waals surface area (Å²) >= 11 is 0. The van der Waals surface area contributed by atoms with Crippen molar-refractivity contribution in [2.75, 3.05) is 26.2 Å². The van der Waals surface area contributed by atoms with Crippen LogP contribution in [0.5, 0.6) is 0 Å². The van der Waals surface area contributed by atoms with Gasteiger partial charge in [0.15, 0.2) is 0 Å². The first kappa shape index (κ1) is 19.1. The number of aromatic amines is 1. The van der Waals surface area contributed by atoms with Gasteiger partial charge in [-0.05, 0) is 18.9 Å². The minimum Gasteiger partial charge on any atom is -0.356 e. The summed E-state index contributed by atoms with van der Waals surface area (Å²) in [4.78, 5) is 44.1. The van der Waals surface area contributed by atoms with Crippen molar-refractivity contribution < 1.29 is 9.59 Å². The molecule has 138 valence electrons. The lowest BCUT2D eigenvalue weighted by Gasteiger charge is -2.35. The number of hydrogen-bond donors (Lipinski definition) is 3. The number of hydrogen-bond acceptors (Lipinski definition) is 5. The van der Waals surface area contributed by atoms with Gasteiger partial charge in [-0.25, -0.2) is 4.98 Å². The summed E-state index contributed by atoms with van der Waals surface area (Å²) in [6.07, 6.45) is 2.97. The van der Waals surface area contributed by atoms with Crippen LogP contribution in [0.4, 0.5) is 0 Å². The Labute approximate surface area is 147 Å². The second-order valence-corrected chi connectivity index (χ2v) is 6.73. The van der Waals surface area contributed by atoms with Crippen molar-refractivity contribution in [3.63, 3.8) is 0 Å². The molecule has 0 radical (unpaired) electrons. The molecule has 0 saturated carbocycles. The lowest BCUT2D eigenvalue weighted by atomic mass is 10.1. The fourth-order valence-corrected chi connectivity index (χ4v) is 2.80. The fourth-order valence-electron chi connectivity index (χ4n) is 2.80. The van der Waals surface area contributed by atoms with E-state index in [0.717, 1.165) is 19.5 Å². The summed E-state index contributed by atoms with van der Waals surface area (Å²) < 4.78 is 0. The van der Waals surface area contributed by atoms with Crippen LogP contribution in [0.1, 0.15) is 32.4 Å². The molecule has 0 spiro atoms. The summed E-state index contributed by atoms with van der Waals surface area (Å²) in [5.41, 5.74) is 0.411. The van der Waals surface area contributed by atoms with Gasteiger partial charge in [0, 0.05) is 37.8 Å². The molecule has 0 bridgehead atoms. The van der Waals surface area contributed by atoms with Gasteiger partial charge < -0.3 is 15.6 Å². The number of carbonyl (C=O) groups excluding carboxylic acids is 2. The molecule has 2 rings (SSSR count). The maximum absolute atomic E-state index is 12.2. The second kappa shape index (κ2) is 9.31. The molecular weight excluding hydrogens is 322 g/mol. The maximum atomic E-state index is 12.2. The molecular formula is C17H27N5O3. The van der Waals surface area contributed by atoms with Crippen molar-refractivity contribution in [1.82, 2.24) is 25.5 Å². The van der Waals surface area contributed by atoms with E-state index in [2.05, 4.69) is 39.3 Å². The molecule has 1 aromatic rings. The minimum absolute atomic E-state index is 0.0820. The lowest BCUT2D eigenvalue weighted by Crippen LogP contribution is -2.56. The first-order valence-corrected chi connectivity index (χ1v) is 8.77. The number of H-pyrrole nitrogens is 1. The van der Waals surface area contributed by atoms with Crippen LogP contribution < -0.4 is 16.2 Å². The van der Waals surface area contributed by atoms with Crippen LogP contribution in [0.2, 0.25) is 0 Å². The average molecular weight is 349 g/mol. The molecule has 0 unspecified atom stereocenters. The Balaban J connectivity index is 1.81. The Morgan fingerprint density at radius 1 is 1.44 bits per heavy atom. The Hall–Kier alpha value is -2.22. The van der Waals surface area contributed by atoms with E-state index < -0.39 is 6.04 Å². The number of nitrogens with zero attached hydrogens (tertiary/aromatic N) is 2. The Kier molecular flexibility index (Phi) is 7.12. The van der Waals surface area contributed by atoms with Gasteiger partial charge in [0.2, 0.25) is 11.8 Å². The molecule has 25 heavy (non-hydrogen) atoms. The summed E-state index contributed by atoms with van der Waals surface area (Å²) in [5.74, 6) is 0.309. The Morgan fingerprint density at radius 3 is 2.96 bits per heavy atom. The van der Waals surface area contributed by atoms with Crippen LogP contribution >= 0.6 is 0 Å². The molecule has 1 aliphatic rings. The highest BCUT2D eigenvalue weighted by Gasteiger charge is 2.31. The number of carbonyl (C=O) groups is 2. The van der Waals surface area contributed by atoms with E-state index in [-0.39, 0.29) is 23.8 Å². The molecule has 1 aromatic heterocycles. The van der Waals surface area contributed by atoms with Crippen molar-refractivity contribution in [3.8, 4) is 0 Å². The van der Waals surface area contributed by atoms with Gasteiger partial charge in [-0.2, -0.15) is 0 Å². The number of rotatable bonds is 8. The smallest absolute Gasteiger partial charge is 0.250 e.